The number of nitrogens with one attached hydrogen (secondary N) is 1. The fraction of sp³-hybridized carbons (Fsp3) is 0.636. The Hall–Kier alpha value is -0.380. The Morgan fingerprint density at radius 2 is 2.43 bits per heavy atom. The lowest BCUT2D eigenvalue weighted by Gasteiger charge is -2.14. The molecule has 3 heteroatoms. The van der Waals surface area contributed by atoms with Crippen LogP contribution in [0.4, 0.5) is 0 Å². The molecule has 0 saturated heterocycles. The molecule has 78 valence electrons. The molecule has 1 saturated carbocycles. The average molecular weight is 210 g/mol. The molecule has 0 bridgehead atoms. The van der Waals surface area contributed by atoms with Crippen molar-refractivity contribution in [3.8, 4) is 0 Å². The van der Waals surface area contributed by atoms with E-state index >= 15 is 0 Å². The quantitative estimate of drug-likeness (QED) is 0.558. The highest BCUT2D eigenvalue weighted by Crippen LogP contribution is 2.34. The lowest BCUT2D eigenvalue weighted by molar-refractivity contribution is 0.464. The molecule has 1 atom stereocenters. The number of hydrogen-bond donors (Lipinski definition) is 2. The number of hydrazine groups is 1. The molecule has 0 spiro atoms. The van der Waals surface area contributed by atoms with Gasteiger partial charge in [-0.3, -0.25) is 11.3 Å². The highest BCUT2D eigenvalue weighted by Gasteiger charge is 2.22. The fourth-order valence-electron chi connectivity index (χ4n) is 1.76. The van der Waals surface area contributed by atoms with Crippen LogP contribution in [-0.2, 0) is 6.42 Å². The highest BCUT2D eigenvalue weighted by atomic mass is 32.1. The van der Waals surface area contributed by atoms with E-state index in [0.29, 0.717) is 6.04 Å². The molecule has 2 nitrogen and oxygen atoms in total. The van der Waals surface area contributed by atoms with Crippen LogP contribution in [0, 0.1) is 5.92 Å². The second-order valence-electron chi connectivity index (χ2n) is 4.17. The summed E-state index contributed by atoms with van der Waals surface area (Å²) in [6.07, 6.45) is 6.53. The molecule has 0 radical (unpaired) electrons. The average Bonchev–Trinajstić information content (AvgIpc) is 2.90. The van der Waals surface area contributed by atoms with E-state index in [0.717, 1.165) is 12.3 Å². The minimum Gasteiger partial charge on any atom is -0.271 e. The van der Waals surface area contributed by atoms with Crippen LogP contribution in [0.25, 0.3) is 0 Å². The molecule has 3 N–H and O–H groups in total. The molecular weight excluding hydrogens is 192 g/mol. The Labute approximate surface area is 89.5 Å². The van der Waals surface area contributed by atoms with Gasteiger partial charge in [-0.1, -0.05) is 18.9 Å². The van der Waals surface area contributed by atoms with Crippen molar-refractivity contribution >= 4 is 11.3 Å². The van der Waals surface area contributed by atoms with Gasteiger partial charge < -0.3 is 0 Å². The van der Waals surface area contributed by atoms with Crippen molar-refractivity contribution in [3.63, 3.8) is 0 Å². The van der Waals surface area contributed by atoms with Crippen LogP contribution >= 0.6 is 11.3 Å². The largest absolute Gasteiger partial charge is 0.271 e. The lowest BCUT2D eigenvalue weighted by Crippen LogP contribution is -2.36. The van der Waals surface area contributed by atoms with Gasteiger partial charge in [-0.2, -0.15) is 0 Å². The minimum atomic E-state index is 0.467. The third kappa shape index (κ3) is 3.08. The van der Waals surface area contributed by atoms with Gasteiger partial charge in [0.15, 0.2) is 0 Å². The van der Waals surface area contributed by atoms with Gasteiger partial charge >= 0.3 is 0 Å². The SMILES string of the molecule is NNC(CCC1CC1)Cc1cccs1. The van der Waals surface area contributed by atoms with Gasteiger partial charge in [-0.15, -0.1) is 11.3 Å². The van der Waals surface area contributed by atoms with Gasteiger partial charge in [-0.05, 0) is 36.6 Å². The molecule has 1 unspecified atom stereocenters. The third-order valence-corrected chi connectivity index (χ3v) is 3.78. The Morgan fingerprint density at radius 1 is 1.57 bits per heavy atom. The van der Waals surface area contributed by atoms with Gasteiger partial charge in [0, 0.05) is 10.9 Å². The second kappa shape index (κ2) is 4.91. The number of rotatable bonds is 6. The summed E-state index contributed by atoms with van der Waals surface area (Å²) in [4.78, 5) is 1.43. The van der Waals surface area contributed by atoms with Crippen molar-refractivity contribution in [3.05, 3.63) is 22.4 Å². The van der Waals surface area contributed by atoms with Crippen LogP contribution < -0.4 is 11.3 Å². The number of nitrogens with two attached hydrogens (primary N) is 1. The van der Waals surface area contributed by atoms with E-state index in [1.165, 1.54) is 30.6 Å². The predicted molar refractivity (Wildman–Crippen MR) is 61.1 cm³/mol. The van der Waals surface area contributed by atoms with Crippen molar-refractivity contribution < 1.29 is 0 Å². The zero-order valence-corrected chi connectivity index (χ0v) is 9.22. The normalized spacial score (nSPS) is 18.4. The van der Waals surface area contributed by atoms with Gasteiger partial charge in [-0.25, -0.2) is 0 Å². The topological polar surface area (TPSA) is 38.0 Å². The standard InChI is InChI=1S/C11H18N2S/c12-13-10(6-5-9-3-4-9)8-11-2-1-7-14-11/h1-2,7,9-10,13H,3-6,8,12H2. The first-order valence-corrected chi connectivity index (χ1v) is 6.25. The molecule has 1 aromatic heterocycles. The predicted octanol–water partition coefficient (Wildman–Crippen LogP) is 2.31. The van der Waals surface area contributed by atoms with Crippen LogP contribution in [0.3, 0.4) is 0 Å². The first kappa shape index (κ1) is 10.1. The highest BCUT2D eigenvalue weighted by molar-refractivity contribution is 7.09. The summed E-state index contributed by atoms with van der Waals surface area (Å²) in [5, 5.41) is 2.13. The summed E-state index contributed by atoms with van der Waals surface area (Å²) in [5.74, 6) is 6.56. The van der Waals surface area contributed by atoms with Gasteiger partial charge in [0.1, 0.15) is 0 Å². The van der Waals surface area contributed by atoms with E-state index in [1.54, 1.807) is 0 Å². The van der Waals surface area contributed by atoms with Crippen molar-refractivity contribution in [2.45, 2.75) is 38.1 Å². The summed E-state index contributed by atoms with van der Waals surface area (Å²) >= 11 is 1.82. The molecular formula is C11H18N2S. The molecule has 1 aliphatic rings. The van der Waals surface area contributed by atoms with E-state index in [2.05, 4.69) is 22.9 Å². The van der Waals surface area contributed by atoms with Crippen LogP contribution in [0.15, 0.2) is 17.5 Å². The first-order valence-electron chi connectivity index (χ1n) is 5.37. The van der Waals surface area contributed by atoms with Crippen LogP contribution in [0.2, 0.25) is 0 Å². The Bertz CT molecular complexity index is 254. The molecule has 0 aliphatic heterocycles. The summed E-state index contributed by atoms with van der Waals surface area (Å²) < 4.78 is 0. The summed E-state index contributed by atoms with van der Waals surface area (Å²) in [7, 11) is 0. The van der Waals surface area contributed by atoms with Gasteiger partial charge in [0.2, 0.25) is 0 Å². The van der Waals surface area contributed by atoms with E-state index in [-0.39, 0.29) is 0 Å². The van der Waals surface area contributed by atoms with E-state index in [4.69, 9.17) is 5.84 Å². The maximum Gasteiger partial charge on any atom is 0.0258 e. The van der Waals surface area contributed by atoms with Crippen molar-refractivity contribution in [2.75, 3.05) is 0 Å². The van der Waals surface area contributed by atoms with Crippen LogP contribution in [0.1, 0.15) is 30.6 Å². The summed E-state index contributed by atoms with van der Waals surface area (Å²) in [6.45, 7) is 0. The van der Waals surface area contributed by atoms with Crippen LogP contribution in [-0.4, -0.2) is 6.04 Å². The zero-order chi connectivity index (χ0) is 9.80. The minimum absolute atomic E-state index is 0.467. The number of thiophene rings is 1. The van der Waals surface area contributed by atoms with E-state index in [9.17, 15) is 0 Å². The molecule has 1 fully saturated rings. The molecule has 1 aromatic rings. The molecule has 2 rings (SSSR count). The molecule has 0 amide bonds. The molecule has 14 heavy (non-hydrogen) atoms. The van der Waals surface area contributed by atoms with E-state index < -0.39 is 0 Å². The maximum absolute atomic E-state index is 5.55. The maximum atomic E-state index is 5.55. The Balaban J connectivity index is 1.74. The first-order chi connectivity index (χ1) is 6.88. The monoisotopic (exact) mass is 210 g/mol. The van der Waals surface area contributed by atoms with E-state index in [1.807, 2.05) is 11.3 Å². The van der Waals surface area contributed by atoms with Gasteiger partial charge in [0.05, 0.1) is 0 Å². The summed E-state index contributed by atoms with van der Waals surface area (Å²) in [6, 6.07) is 4.76. The summed E-state index contributed by atoms with van der Waals surface area (Å²) in [5.41, 5.74) is 2.93. The van der Waals surface area contributed by atoms with Crippen molar-refractivity contribution in [2.24, 2.45) is 11.8 Å². The lowest BCUT2D eigenvalue weighted by atomic mass is 10.1. The van der Waals surface area contributed by atoms with Crippen molar-refractivity contribution in [1.29, 1.82) is 0 Å². The second-order valence-corrected chi connectivity index (χ2v) is 5.20. The van der Waals surface area contributed by atoms with Gasteiger partial charge in [0.25, 0.3) is 0 Å². The number of hydrogen-bond acceptors (Lipinski definition) is 3. The van der Waals surface area contributed by atoms with Crippen LogP contribution in [0.5, 0.6) is 0 Å². The fourth-order valence-corrected chi connectivity index (χ4v) is 2.55. The van der Waals surface area contributed by atoms with Crippen molar-refractivity contribution in [1.82, 2.24) is 5.43 Å². The molecule has 0 aromatic carbocycles. The third-order valence-electron chi connectivity index (χ3n) is 2.88. The zero-order valence-electron chi connectivity index (χ0n) is 8.41. The molecule has 1 heterocycles. The Kier molecular flexibility index (Phi) is 3.56. The molecule has 1 aliphatic carbocycles. The smallest absolute Gasteiger partial charge is 0.0258 e. The Morgan fingerprint density at radius 3 is 3.00 bits per heavy atom.